The van der Waals surface area contributed by atoms with E-state index < -0.39 is 0 Å². The molecule has 0 fully saturated rings. The molecule has 140 valence electrons. The molecule has 6 heteroatoms. The third-order valence-corrected chi connectivity index (χ3v) is 4.84. The number of nitrogens with zero attached hydrogens (tertiary/aromatic N) is 2. The Morgan fingerprint density at radius 2 is 2.08 bits per heavy atom. The fraction of sp³-hybridized carbons (Fsp3) is 0.500. The summed E-state index contributed by atoms with van der Waals surface area (Å²) in [4.78, 5) is 12.2. The zero-order chi connectivity index (χ0) is 18.7. The minimum absolute atomic E-state index is 0.0300. The van der Waals surface area contributed by atoms with Crippen molar-refractivity contribution in [2.75, 3.05) is 13.7 Å². The van der Waals surface area contributed by atoms with Crippen LogP contribution in [0.15, 0.2) is 30.5 Å². The normalized spacial score (nSPS) is 18.1. The maximum absolute atomic E-state index is 12.2. The predicted molar refractivity (Wildman–Crippen MR) is 102 cm³/mol. The molecule has 1 unspecified atom stereocenters. The number of ether oxygens (including phenoxy) is 1. The lowest BCUT2D eigenvalue weighted by atomic mass is 9.74. The summed E-state index contributed by atoms with van der Waals surface area (Å²) in [6.07, 6.45) is 4.63. The van der Waals surface area contributed by atoms with Crippen LogP contribution in [0.1, 0.15) is 50.9 Å². The smallest absolute Gasteiger partial charge is 0.315 e. The highest BCUT2D eigenvalue weighted by Crippen LogP contribution is 2.41. The fourth-order valence-electron chi connectivity index (χ4n) is 3.56. The molecule has 26 heavy (non-hydrogen) atoms. The highest BCUT2D eigenvalue weighted by Gasteiger charge is 2.36. The van der Waals surface area contributed by atoms with Crippen LogP contribution in [0.2, 0.25) is 0 Å². The lowest BCUT2D eigenvalue weighted by Gasteiger charge is -2.36. The van der Waals surface area contributed by atoms with Crippen molar-refractivity contribution in [3.05, 3.63) is 41.7 Å². The molecular formula is C20H28N4O2. The van der Waals surface area contributed by atoms with Gasteiger partial charge in [-0.15, -0.1) is 0 Å². The molecule has 1 aliphatic carbocycles. The minimum Gasteiger partial charge on any atom is -0.497 e. The summed E-state index contributed by atoms with van der Waals surface area (Å²) in [6.45, 7) is 7.20. The summed E-state index contributed by atoms with van der Waals surface area (Å²) in [7, 11) is 1.66. The van der Waals surface area contributed by atoms with Gasteiger partial charge in [0.25, 0.3) is 0 Å². The average Bonchev–Trinajstić information content (AvgIpc) is 3.02. The van der Waals surface area contributed by atoms with Crippen LogP contribution >= 0.6 is 0 Å². The molecule has 1 aromatic carbocycles. The molecule has 1 aliphatic rings. The van der Waals surface area contributed by atoms with E-state index in [9.17, 15) is 4.79 Å². The van der Waals surface area contributed by atoms with E-state index in [1.807, 2.05) is 42.1 Å². The number of carbonyl (C=O) groups is 1. The van der Waals surface area contributed by atoms with E-state index >= 15 is 0 Å². The van der Waals surface area contributed by atoms with Gasteiger partial charge >= 0.3 is 6.03 Å². The Kier molecular flexibility index (Phi) is 5.20. The Morgan fingerprint density at radius 3 is 2.73 bits per heavy atom. The predicted octanol–water partition coefficient (Wildman–Crippen LogP) is 3.60. The van der Waals surface area contributed by atoms with Crippen molar-refractivity contribution < 1.29 is 9.53 Å². The molecule has 0 aliphatic heterocycles. The lowest BCUT2D eigenvalue weighted by Crippen LogP contribution is -2.42. The van der Waals surface area contributed by atoms with Crippen LogP contribution in [-0.4, -0.2) is 29.5 Å². The topological polar surface area (TPSA) is 68.2 Å². The van der Waals surface area contributed by atoms with Crippen molar-refractivity contribution in [1.82, 2.24) is 20.4 Å². The zero-order valence-corrected chi connectivity index (χ0v) is 16.0. The van der Waals surface area contributed by atoms with Crippen LogP contribution in [-0.2, 0) is 6.42 Å². The molecular weight excluding hydrogens is 328 g/mol. The van der Waals surface area contributed by atoms with Crippen LogP contribution in [0.5, 0.6) is 5.75 Å². The second kappa shape index (κ2) is 7.40. The summed E-state index contributed by atoms with van der Waals surface area (Å²) < 4.78 is 7.22. The van der Waals surface area contributed by atoms with Crippen molar-refractivity contribution in [3.8, 4) is 11.4 Å². The van der Waals surface area contributed by atoms with E-state index in [-0.39, 0.29) is 17.5 Å². The van der Waals surface area contributed by atoms with Crippen LogP contribution in [0.4, 0.5) is 4.79 Å². The maximum atomic E-state index is 12.2. The Hall–Kier alpha value is -2.50. The molecule has 0 radical (unpaired) electrons. The number of aromatic nitrogens is 2. The number of hydrogen-bond acceptors (Lipinski definition) is 3. The van der Waals surface area contributed by atoms with Gasteiger partial charge in [0.1, 0.15) is 5.75 Å². The van der Waals surface area contributed by atoms with Crippen LogP contribution in [0, 0.1) is 5.41 Å². The Balaban J connectivity index is 1.89. The number of nitrogens with one attached hydrogen (secondary N) is 2. The van der Waals surface area contributed by atoms with Gasteiger partial charge in [-0.05, 0) is 48.9 Å². The molecule has 6 nitrogen and oxygen atoms in total. The monoisotopic (exact) mass is 356 g/mol. The summed E-state index contributed by atoms with van der Waals surface area (Å²) in [5.41, 5.74) is 3.35. The zero-order valence-electron chi connectivity index (χ0n) is 16.0. The van der Waals surface area contributed by atoms with Gasteiger partial charge in [0.05, 0.1) is 30.7 Å². The molecule has 2 aromatic rings. The van der Waals surface area contributed by atoms with Gasteiger partial charge in [-0.2, -0.15) is 5.10 Å². The molecule has 1 atom stereocenters. The first-order valence-corrected chi connectivity index (χ1v) is 9.19. The molecule has 0 spiro atoms. The lowest BCUT2D eigenvalue weighted by molar-refractivity contribution is 0.221. The van der Waals surface area contributed by atoms with Crippen molar-refractivity contribution in [3.63, 3.8) is 0 Å². The summed E-state index contributed by atoms with van der Waals surface area (Å²) in [5.74, 6) is 0.822. The summed E-state index contributed by atoms with van der Waals surface area (Å²) >= 11 is 0. The van der Waals surface area contributed by atoms with Gasteiger partial charge in [-0.25, -0.2) is 9.48 Å². The number of rotatable bonds is 5. The summed E-state index contributed by atoms with van der Waals surface area (Å²) in [6, 6.07) is 7.74. The number of fused-ring (bicyclic) bond motifs is 1. The first kappa shape index (κ1) is 18.3. The van der Waals surface area contributed by atoms with Gasteiger partial charge in [-0.3, -0.25) is 0 Å². The summed E-state index contributed by atoms with van der Waals surface area (Å²) in [5, 5.41) is 10.6. The maximum Gasteiger partial charge on any atom is 0.315 e. The van der Waals surface area contributed by atoms with Crippen molar-refractivity contribution >= 4 is 6.03 Å². The Morgan fingerprint density at radius 1 is 1.35 bits per heavy atom. The van der Waals surface area contributed by atoms with Crippen molar-refractivity contribution in [2.45, 2.75) is 46.1 Å². The largest absolute Gasteiger partial charge is 0.497 e. The van der Waals surface area contributed by atoms with Crippen LogP contribution in [0.25, 0.3) is 5.69 Å². The molecule has 0 bridgehead atoms. The van der Waals surface area contributed by atoms with Crippen molar-refractivity contribution in [2.24, 2.45) is 5.41 Å². The quantitative estimate of drug-likeness (QED) is 0.860. The molecule has 0 saturated carbocycles. The highest BCUT2D eigenvalue weighted by molar-refractivity contribution is 5.74. The first-order valence-electron chi connectivity index (χ1n) is 9.19. The second-order valence-electron chi connectivity index (χ2n) is 7.65. The third kappa shape index (κ3) is 3.84. The van der Waals surface area contributed by atoms with E-state index in [0.717, 1.165) is 42.0 Å². The number of amides is 2. The van der Waals surface area contributed by atoms with E-state index in [1.54, 1.807) is 7.11 Å². The minimum atomic E-state index is -0.113. The first-order chi connectivity index (χ1) is 12.4. The van der Waals surface area contributed by atoms with Gasteiger partial charge in [0.2, 0.25) is 0 Å². The molecule has 1 heterocycles. The molecule has 1 aromatic heterocycles. The van der Waals surface area contributed by atoms with Crippen LogP contribution in [0.3, 0.4) is 0 Å². The van der Waals surface area contributed by atoms with E-state index in [4.69, 9.17) is 4.74 Å². The molecule has 2 N–H and O–H groups in total. The second-order valence-corrected chi connectivity index (χ2v) is 7.65. The third-order valence-electron chi connectivity index (χ3n) is 4.84. The molecule has 2 amide bonds. The average molecular weight is 356 g/mol. The van der Waals surface area contributed by atoms with Gasteiger partial charge < -0.3 is 15.4 Å². The standard InChI is InChI=1S/C20H28N4O2/c1-5-10-21-19(25)23-17-11-20(2,3)12-18-16(17)13-22-24(18)14-6-8-15(26-4)9-7-14/h6-9,13,17H,5,10-12H2,1-4H3,(H2,21,23,25). The fourth-order valence-corrected chi connectivity index (χ4v) is 3.56. The van der Waals surface area contributed by atoms with Crippen molar-refractivity contribution in [1.29, 1.82) is 0 Å². The van der Waals surface area contributed by atoms with E-state index in [2.05, 4.69) is 29.6 Å². The Labute approximate surface area is 154 Å². The van der Waals surface area contributed by atoms with Gasteiger partial charge in [-0.1, -0.05) is 20.8 Å². The van der Waals surface area contributed by atoms with E-state index in [0.29, 0.717) is 6.54 Å². The number of methoxy groups -OCH3 is 1. The molecule has 0 saturated heterocycles. The number of benzene rings is 1. The number of urea groups is 1. The Bertz CT molecular complexity index is 765. The SMILES string of the molecule is CCCNC(=O)NC1CC(C)(C)Cc2c1cnn2-c1ccc(OC)cc1. The van der Waals surface area contributed by atoms with E-state index in [1.165, 1.54) is 0 Å². The van der Waals surface area contributed by atoms with Crippen LogP contribution < -0.4 is 15.4 Å². The highest BCUT2D eigenvalue weighted by atomic mass is 16.5. The van der Waals surface area contributed by atoms with Gasteiger partial charge in [0, 0.05) is 12.1 Å². The number of carbonyl (C=O) groups excluding carboxylic acids is 1. The number of hydrogen-bond donors (Lipinski definition) is 2. The van der Waals surface area contributed by atoms with Gasteiger partial charge in [0.15, 0.2) is 0 Å². The molecule has 3 rings (SSSR count).